The van der Waals surface area contributed by atoms with Gasteiger partial charge in [-0.15, -0.1) is 4.68 Å². The topological polar surface area (TPSA) is 45.7 Å². The van der Waals surface area contributed by atoms with Crippen LogP contribution in [0, 0.1) is 6.92 Å². The third-order valence-corrected chi connectivity index (χ3v) is 0.784. The Labute approximate surface area is 41.7 Å². The molecule has 0 radical (unpaired) electrons. The molecule has 0 saturated heterocycles. The number of aryl methyl sites for hydroxylation is 1. The van der Waals surface area contributed by atoms with Gasteiger partial charge >= 0.3 is 0 Å². The molecule has 1 aromatic heterocycles. The molecule has 0 fully saturated rings. The number of nitrogen functional groups attached to an aromatic ring is 1. The van der Waals surface area contributed by atoms with Gasteiger partial charge in [-0.2, -0.15) is 0 Å². The second-order valence-corrected chi connectivity index (χ2v) is 1.53. The van der Waals surface area contributed by atoms with Gasteiger partial charge in [-0.1, -0.05) is 0 Å². The van der Waals surface area contributed by atoms with Crippen molar-refractivity contribution in [3.05, 3.63) is 18.2 Å². The van der Waals surface area contributed by atoms with E-state index >= 15 is 0 Å². The Morgan fingerprint density at radius 2 is 2.57 bits per heavy atom. The molecule has 1 rings (SSSR count). The van der Waals surface area contributed by atoms with Gasteiger partial charge in [-0.05, 0) is 0 Å². The smallest absolute Gasteiger partial charge is 0.264 e. The van der Waals surface area contributed by atoms with Gasteiger partial charge in [0.1, 0.15) is 5.69 Å². The summed E-state index contributed by atoms with van der Waals surface area (Å²) in [5.41, 5.74) is 1.07. The van der Waals surface area contributed by atoms with E-state index in [1.807, 2.05) is 6.92 Å². The van der Waals surface area contributed by atoms with E-state index in [4.69, 9.17) is 5.84 Å². The molecule has 7 heavy (non-hydrogen) atoms. The fourth-order valence-electron chi connectivity index (χ4n) is 0.474. The van der Waals surface area contributed by atoms with Crippen LogP contribution in [0.25, 0.3) is 0 Å². The highest BCUT2D eigenvalue weighted by Gasteiger charge is 1.91. The third kappa shape index (κ3) is 0.707. The molecule has 0 saturated carbocycles. The minimum atomic E-state index is 1.07. The number of H-pyrrole nitrogens is 1. The van der Waals surface area contributed by atoms with Crippen LogP contribution >= 0.6 is 0 Å². The number of imidazole rings is 1. The molecule has 3 N–H and O–H groups in total. The SMILES string of the molecule is Cc1c[n+](N)c[nH]1. The van der Waals surface area contributed by atoms with E-state index in [9.17, 15) is 0 Å². The van der Waals surface area contributed by atoms with E-state index < -0.39 is 0 Å². The average Bonchev–Trinajstić information content (AvgIpc) is 1.87. The monoisotopic (exact) mass is 98.1 g/mol. The molecule has 38 valence electrons. The van der Waals surface area contributed by atoms with Crippen LogP contribution in [0.15, 0.2) is 12.5 Å². The van der Waals surface area contributed by atoms with E-state index in [0.29, 0.717) is 0 Å². The van der Waals surface area contributed by atoms with Gasteiger partial charge in [-0.25, -0.2) is 4.98 Å². The first-order valence-electron chi connectivity index (χ1n) is 2.10. The summed E-state index contributed by atoms with van der Waals surface area (Å²) in [7, 11) is 0. The summed E-state index contributed by atoms with van der Waals surface area (Å²) in [6, 6.07) is 0. The molecule has 0 atom stereocenters. The van der Waals surface area contributed by atoms with Crippen LogP contribution in [0.3, 0.4) is 0 Å². The summed E-state index contributed by atoms with van der Waals surface area (Å²) in [5.74, 6) is 5.26. The number of nitrogens with one attached hydrogen (secondary N) is 1. The highest BCUT2D eigenvalue weighted by molar-refractivity contribution is 4.82. The minimum absolute atomic E-state index is 1.07. The predicted octanol–water partition coefficient (Wildman–Crippen LogP) is -0.676. The Bertz CT molecular complexity index is 139. The lowest BCUT2D eigenvalue weighted by Gasteiger charge is -1.69. The number of hydrogen-bond donors (Lipinski definition) is 2. The Balaban J connectivity index is 3.04. The van der Waals surface area contributed by atoms with E-state index in [2.05, 4.69) is 4.98 Å². The number of aromatic nitrogens is 2. The van der Waals surface area contributed by atoms with Crippen molar-refractivity contribution in [2.75, 3.05) is 5.84 Å². The highest BCUT2D eigenvalue weighted by atomic mass is 15.3. The number of nitrogens with zero attached hydrogens (tertiary/aromatic N) is 1. The minimum Gasteiger partial charge on any atom is -0.269 e. The van der Waals surface area contributed by atoms with Crippen molar-refractivity contribution >= 4 is 0 Å². The van der Waals surface area contributed by atoms with Crippen LogP contribution in [-0.2, 0) is 0 Å². The molecule has 0 aliphatic heterocycles. The van der Waals surface area contributed by atoms with Gasteiger partial charge in [0, 0.05) is 6.92 Å². The second kappa shape index (κ2) is 1.26. The number of nitrogens with two attached hydrogens (primary N) is 1. The fourth-order valence-corrected chi connectivity index (χ4v) is 0.474. The Hall–Kier alpha value is -0.990. The van der Waals surface area contributed by atoms with Crippen molar-refractivity contribution in [3.8, 4) is 0 Å². The molecule has 3 heteroatoms. The Morgan fingerprint density at radius 3 is 2.71 bits per heavy atom. The van der Waals surface area contributed by atoms with E-state index in [1.54, 1.807) is 12.5 Å². The molecule has 0 unspecified atom stereocenters. The summed E-state index contributed by atoms with van der Waals surface area (Å²) in [4.78, 5) is 2.91. The summed E-state index contributed by atoms with van der Waals surface area (Å²) in [6.07, 6.45) is 3.50. The van der Waals surface area contributed by atoms with Crippen LogP contribution in [0.4, 0.5) is 0 Å². The van der Waals surface area contributed by atoms with E-state index in [-0.39, 0.29) is 0 Å². The van der Waals surface area contributed by atoms with Gasteiger partial charge in [0.15, 0.2) is 6.20 Å². The molecule has 0 aliphatic carbocycles. The summed E-state index contributed by atoms with van der Waals surface area (Å²) >= 11 is 0. The Kier molecular flexibility index (Phi) is 0.749. The van der Waals surface area contributed by atoms with Crippen LogP contribution in [0.2, 0.25) is 0 Å². The molecular weight excluding hydrogens is 90.1 g/mol. The molecule has 1 heterocycles. The zero-order valence-corrected chi connectivity index (χ0v) is 4.18. The molecule has 0 aliphatic rings. The molecule has 1 aromatic rings. The first kappa shape index (κ1) is 4.18. The molecule has 3 nitrogen and oxygen atoms in total. The largest absolute Gasteiger partial charge is 0.269 e. The van der Waals surface area contributed by atoms with Gasteiger partial charge in [0.05, 0.1) is 0 Å². The molecular formula is C4H8N3+. The van der Waals surface area contributed by atoms with Gasteiger partial charge in [0.2, 0.25) is 0 Å². The lowest BCUT2D eigenvalue weighted by molar-refractivity contribution is -0.637. The summed E-state index contributed by atoms with van der Waals surface area (Å²) in [5, 5.41) is 0. The van der Waals surface area contributed by atoms with Gasteiger partial charge < -0.3 is 0 Å². The average molecular weight is 98.1 g/mol. The van der Waals surface area contributed by atoms with Crippen molar-refractivity contribution in [1.29, 1.82) is 0 Å². The predicted molar refractivity (Wildman–Crippen MR) is 25.9 cm³/mol. The first-order chi connectivity index (χ1) is 3.29. The van der Waals surface area contributed by atoms with Crippen LogP contribution in [-0.4, -0.2) is 4.98 Å². The van der Waals surface area contributed by atoms with E-state index in [1.165, 1.54) is 4.68 Å². The number of aromatic amines is 1. The zero-order chi connectivity index (χ0) is 5.28. The maximum absolute atomic E-state index is 5.26. The van der Waals surface area contributed by atoms with Crippen molar-refractivity contribution in [2.24, 2.45) is 0 Å². The lowest BCUT2D eigenvalue weighted by Crippen LogP contribution is -2.41. The van der Waals surface area contributed by atoms with Gasteiger partial charge in [-0.3, -0.25) is 5.84 Å². The van der Waals surface area contributed by atoms with Crippen LogP contribution in [0.5, 0.6) is 0 Å². The first-order valence-corrected chi connectivity index (χ1v) is 2.10. The highest BCUT2D eigenvalue weighted by Crippen LogP contribution is 1.77. The van der Waals surface area contributed by atoms with E-state index in [0.717, 1.165) is 5.69 Å². The normalized spacial score (nSPS) is 9.29. The van der Waals surface area contributed by atoms with Gasteiger partial charge in [0.25, 0.3) is 6.33 Å². The maximum Gasteiger partial charge on any atom is 0.264 e. The molecule has 0 amide bonds. The zero-order valence-electron chi connectivity index (χ0n) is 4.18. The summed E-state index contributed by atoms with van der Waals surface area (Å²) in [6.45, 7) is 1.95. The molecule has 0 aromatic carbocycles. The summed E-state index contributed by atoms with van der Waals surface area (Å²) < 4.78 is 1.48. The fraction of sp³-hybridized carbons (Fsp3) is 0.250. The molecule has 0 bridgehead atoms. The lowest BCUT2D eigenvalue weighted by atomic mass is 10.6. The standard InChI is InChI=1S/C4H7N3/c1-4-2-7(5)3-6-4/h2-3H,5H2,1H3/p+1. The van der Waals surface area contributed by atoms with Crippen molar-refractivity contribution in [1.82, 2.24) is 4.98 Å². The second-order valence-electron chi connectivity index (χ2n) is 1.53. The Morgan fingerprint density at radius 1 is 1.86 bits per heavy atom. The van der Waals surface area contributed by atoms with Crippen molar-refractivity contribution in [2.45, 2.75) is 6.92 Å². The number of hydrogen-bond acceptors (Lipinski definition) is 1. The van der Waals surface area contributed by atoms with Crippen molar-refractivity contribution in [3.63, 3.8) is 0 Å². The van der Waals surface area contributed by atoms with Crippen LogP contribution < -0.4 is 10.5 Å². The molecule has 0 spiro atoms. The number of rotatable bonds is 0. The maximum atomic E-state index is 5.26. The quantitative estimate of drug-likeness (QED) is 0.328. The van der Waals surface area contributed by atoms with Crippen LogP contribution in [0.1, 0.15) is 5.69 Å². The third-order valence-electron chi connectivity index (χ3n) is 0.784. The van der Waals surface area contributed by atoms with Crippen molar-refractivity contribution < 1.29 is 4.68 Å².